The second-order valence-electron chi connectivity index (χ2n) is 11.8. The number of nitrogens with zero attached hydrogens (tertiary/aromatic N) is 4. The largest absolute Gasteiger partial charge is 0.455 e. The van der Waals surface area contributed by atoms with Crippen molar-refractivity contribution in [2.24, 2.45) is 0 Å². The smallest absolute Gasteiger partial charge is 0.164 e. The van der Waals surface area contributed by atoms with Crippen molar-refractivity contribution in [2.75, 3.05) is 0 Å². The number of rotatable bonds is 4. The molecule has 6 aromatic carbocycles. The second-order valence-corrected chi connectivity index (χ2v) is 11.8. The third-order valence-corrected chi connectivity index (χ3v) is 8.91. The van der Waals surface area contributed by atoms with E-state index in [1.165, 1.54) is 0 Å². The van der Waals surface area contributed by atoms with Crippen molar-refractivity contribution in [1.29, 1.82) is 0 Å². The first-order valence-corrected chi connectivity index (χ1v) is 15.8. The number of aromatic nitrogens is 4. The topological polar surface area (TPSA) is 77.8 Å². The Bertz CT molecular complexity index is 2780. The summed E-state index contributed by atoms with van der Waals surface area (Å²) in [5, 5.41) is 4.95. The first kappa shape index (κ1) is 26.5. The molecular weight excluding hydrogens is 592 g/mol. The van der Waals surface area contributed by atoms with Crippen LogP contribution in [0.5, 0.6) is 0 Å². The zero-order valence-electron chi connectivity index (χ0n) is 25.5. The van der Waals surface area contributed by atoms with Crippen LogP contribution in [-0.2, 0) is 0 Å². The van der Waals surface area contributed by atoms with Crippen LogP contribution >= 0.6 is 0 Å². The van der Waals surface area contributed by atoms with Gasteiger partial charge in [0, 0.05) is 43.8 Å². The van der Waals surface area contributed by atoms with Crippen LogP contribution in [0.4, 0.5) is 0 Å². The summed E-state index contributed by atoms with van der Waals surface area (Å²) in [4.78, 5) is 20.2. The first-order chi connectivity index (χ1) is 23.8. The van der Waals surface area contributed by atoms with Gasteiger partial charge in [-0.05, 0) is 30.3 Å². The highest BCUT2D eigenvalue weighted by atomic mass is 16.3. The van der Waals surface area contributed by atoms with Crippen molar-refractivity contribution in [2.45, 2.75) is 0 Å². The molecule has 224 valence electrons. The average molecular weight is 617 g/mol. The van der Waals surface area contributed by atoms with E-state index in [4.69, 9.17) is 28.8 Å². The van der Waals surface area contributed by atoms with Crippen LogP contribution in [0, 0.1) is 0 Å². The van der Waals surface area contributed by atoms with E-state index < -0.39 is 0 Å². The van der Waals surface area contributed by atoms with Gasteiger partial charge in [-0.3, -0.25) is 0 Å². The van der Waals surface area contributed by atoms with E-state index in [9.17, 15) is 0 Å². The minimum absolute atomic E-state index is 0.582. The van der Waals surface area contributed by atoms with Gasteiger partial charge < -0.3 is 8.83 Å². The summed E-state index contributed by atoms with van der Waals surface area (Å²) in [6.07, 6.45) is 0. The minimum atomic E-state index is 0.582. The van der Waals surface area contributed by atoms with E-state index in [0.29, 0.717) is 17.5 Å². The minimum Gasteiger partial charge on any atom is -0.455 e. The maximum Gasteiger partial charge on any atom is 0.164 e. The molecule has 4 heterocycles. The van der Waals surface area contributed by atoms with Crippen molar-refractivity contribution in [1.82, 2.24) is 19.9 Å². The molecule has 6 nitrogen and oxygen atoms in total. The van der Waals surface area contributed by atoms with Crippen molar-refractivity contribution in [3.8, 4) is 45.4 Å². The first-order valence-electron chi connectivity index (χ1n) is 15.8. The van der Waals surface area contributed by atoms with E-state index in [1.807, 2.05) is 109 Å². The quantitative estimate of drug-likeness (QED) is 0.196. The van der Waals surface area contributed by atoms with Crippen LogP contribution in [0.3, 0.4) is 0 Å². The predicted octanol–water partition coefficient (Wildman–Crippen LogP) is 10.9. The number of fused-ring (bicyclic) bond motifs is 9. The van der Waals surface area contributed by atoms with Crippen molar-refractivity contribution in [3.63, 3.8) is 0 Å². The van der Waals surface area contributed by atoms with Gasteiger partial charge in [0.25, 0.3) is 0 Å². The zero-order valence-corrected chi connectivity index (χ0v) is 25.5. The van der Waals surface area contributed by atoms with Gasteiger partial charge in [-0.2, -0.15) is 0 Å². The molecule has 0 saturated heterocycles. The fourth-order valence-electron chi connectivity index (χ4n) is 6.66. The molecule has 0 fully saturated rings. The molecule has 0 atom stereocenters. The Morgan fingerprint density at radius 3 is 1.58 bits per heavy atom. The van der Waals surface area contributed by atoms with E-state index in [-0.39, 0.29) is 0 Å². The van der Waals surface area contributed by atoms with Crippen LogP contribution < -0.4 is 0 Å². The fraction of sp³-hybridized carbons (Fsp3) is 0. The van der Waals surface area contributed by atoms with E-state index in [2.05, 4.69) is 36.4 Å². The highest BCUT2D eigenvalue weighted by Crippen LogP contribution is 2.43. The molecule has 0 bridgehead atoms. The second kappa shape index (κ2) is 10.4. The highest BCUT2D eigenvalue weighted by Gasteiger charge is 2.22. The van der Waals surface area contributed by atoms with Crippen LogP contribution in [0.1, 0.15) is 0 Å². The molecule has 0 aliphatic heterocycles. The maximum absolute atomic E-state index is 6.58. The highest BCUT2D eigenvalue weighted by molar-refractivity contribution is 6.24. The molecule has 0 N–H and O–H groups in total. The summed E-state index contributed by atoms with van der Waals surface area (Å²) < 4.78 is 13.0. The molecule has 6 heteroatoms. The van der Waals surface area contributed by atoms with Crippen LogP contribution in [0.15, 0.2) is 154 Å². The maximum atomic E-state index is 6.58. The molecule has 0 aliphatic carbocycles. The van der Waals surface area contributed by atoms with Crippen molar-refractivity contribution < 1.29 is 8.83 Å². The standard InChI is InChI=1S/C42H24N4O2/c1-3-12-25(13-4-1)40-44-41(26-14-5-2-6-15-26)46-42(45-40)28-17-11-16-27(24-28)36-35-31-19-8-10-21-34(31)47-38(35)32-23-22-30-29-18-7-9-20-33(29)48-39(30)37(32)43-36/h1-24H. The van der Waals surface area contributed by atoms with Crippen molar-refractivity contribution >= 4 is 54.8 Å². The molecule has 10 aromatic rings. The number of para-hydroxylation sites is 2. The SMILES string of the molecule is c1ccc(-c2nc(-c3ccccc3)nc(-c3cccc(-c4nc5c(ccc6c7ccccc7oc65)c5oc6ccccc6c45)c3)n2)cc1. The van der Waals surface area contributed by atoms with Crippen LogP contribution in [0.25, 0.3) is 100 Å². The molecule has 0 saturated carbocycles. The van der Waals surface area contributed by atoms with E-state index in [0.717, 1.165) is 82.7 Å². The van der Waals surface area contributed by atoms with Gasteiger partial charge in [0.1, 0.15) is 22.3 Å². The lowest BCUT2D eigenvalue weighted by molar-refractivity contribution is 0.668. The van der Waals surface area contributed by atoms with Gasteiger partial charge in [0.15, 0.2) is 23.1 Å². The number of pyridine rings is 1. The van der Waals surface area contributed by atoms with Crippen LogP contribution in [-0.4, -0.2) is 19.9 Å². The van der Waals surface area contributed by atoms with Crippen LogP contribution in [0.2, 0.25) is 0 Å². The monoisotopic (exact) mass is 616 g/mol. The van der Waals surface area contributed by atoms with Gasteiger partial charge in [-0.25, -0.2) is 19.9 Å². The molecule has 0 aliphatic rings. The zero-order chi connectivity index (χ0) is 31.6. The molecule has 10 rings (SSSR count). The Balaban J connectivity index is 1.24. The molecule has 0 radical (unpaired) electrons. The van der Waals surface area contributed by atoms with Gasteiger partial charge in [0.05, 0.1) is 11.1 Å². The van der Waals surface area contributed by atoms with E-state index >= 15 is 0 Å². The Morgan fingerprint density at radius 1 is 0.354 bits per heavy atom. The Labute approximate surface area is 274 Å². The number of hydrogen-bond acceptors (Lipinski definition) is 6. The molecule has 0 amide bonds. The Hall–Kier alpha value is -6.66. The summed E-state index contributed by atoms with van der Waals surface area (Å²) in [5.74, 6) is 1.81. The summed E-state index contributed by atoms with van der Waals surface area (Å²) in [7, 11) is 0. The Morgan fingerprint density at radius 2 is 0.875 bits per heavy atom. The lowest BCUT2D eigenvalue weighted by Gasteiger charge is -2.10. The number of furan rings is 2. The summed E-state index contributed by atoms with van der Waals surface area (Å²) in [6.45, 7) is 0. The fourth-order valence-corrected chi connectivity index (χ4v) is 6.66. The van der Waals surface area contributed by atoms with Gasteiger partial charge >= 0.3 is 0 Å². The summed E-state index contributed by atoms with van der Waals surface area (Å²) in [6, 6.07) is 48.7. The third kappa shape index (κ3) is 4.13. The molecule has 0 unspecified atom stereocenters. The number of hydrogen-bond donors (Lipinski definition) is 0. The summed E-state index contributed by atoms with van der Waals surface area (Å²) in [5.41, 5.74) is 8.34. The number of benzene rings is 6. The molecule has 48 heavy (non-hydrogen) atoms. The molecular formula is C42H24N4O2. The Kier molecular flexibility index (Phi) is 5.77. The van der Waals surface area contributed by atoms with Gasteiger partial charge in [-0.1, -0.05) is 115 Å². The molecule has 4 aromatic heterocycles. The predicted molar refractivity (Wildman–Crippen MR) is 191 cm³/mol. The lowest BCUT2D eigenvalue weighted by Crippen LogP contribution is -2.00. The molecule has 0 spiro atoms. The van der Waals surface area contributed by atoms with Gasteiger partial charge in [-0.15, -0.1) is 0 Å². The average Bonchev–Trinajstić information content (AvgIpc) is 3.75. The third-order valence-electron chi connectivity index (χ3n) is 8.91. The van der Waals surface area contributed by atoms with Crippen molar-refractivity contribution in [3.05, 3.63) is 146 Å². The lowest BCUT2D eigenvalue weighted by atomic mass is 10.00. The summed E-state index contributed by atoms with van der Waals surface area (Å²) >= 11 is 0. The van der Waals surface area contributed by atoms with Gasteiger partial charge in [0.2, 0.25) is 0 Å². The van der Waals surface area contributed by atoms with E-state index in [1.54, 1.807) is 0 Å². The normalized spacial score (nSPS) is 11.8.